The number of urea groups is 1. The molecular weight excluding hydrogens is 513 g/mol. The number of methoxy groups -OCH3 is 1. The Kier molecular flexibility index (Phi) is 9.69. The van der Waals surface area contributed by atoms with Gasteiger partial charge in [0.1, 0.15) is 5.75 Å². The second kappa shape index (κ2) is 12.5. The number of halogens is 4. The molecule has 0 spiro atoms. The standard InChI is InChI=1S/C25H29F3N4O2S.ClH/c1-34-20-7-5-19(6-8-20)30-24(33)29-10-2-3-11-31-12-14-32(15-13-31)22-17-35-23-16-18(25(26,27)28)4-9-21(22)23;/h4-9,16-17H,2-3,10-15H2,1H3,(H2,29,30,33);1H. The summed E-state index contributed by atoms with van der Waals surface area (Å²) in [5.74, 6) is 0.736. The third kappa shape index (κ3) is 7.18. The first-order valence-electron chi connectivity index (χ1n) is 11.6. The first-order valence-corrected chi connectivity index (χ1v) is 12.5. The molecule has 2 amide bonds. The number of carbonyl (C=O) groups is 1. The molecule has 2 aromatic carbocycles. The van der Waals surface area contributed by atoms with Crippen molar-refractivity contribution in [1.82, 2.24) is 10.2 Å². The van der Waals surface area contributed by atoms with E-state index in [0.717, 1.165) is 62.4 Å². The molecule has 1 aromatic heterocycles. The minimum atomic E-state index is -4.32. The molecule has 6 nitrogen and oxygen atoms in total. The van der Waals surface area contributed by atoms with Gasteiger partial charge in [0.25, 0.3) is 0 Å². The molecule has 0 aliphatic carbocycles. The van der Waals surface area contributed by atoms with E-state index < -0.39 is 11.7 Å². The van der Waals surface area contributed by atoms with Gasteiger partial charge in [-0.2, -0.15) is 13.2 Å². The van der Waals surface area contributed by atoms with Crippen LogP contribution in [0, 0.1) is 0 Å². The Morgan fingerprint density at radius 3 is 2.44 bits per heavy atom. The van der Waals surface area contributed by atoms with Crippen LogP contribution in [0.5, 0.6) is 5.75 Å². The number of carbonyl (C=O) groups excluding carboxylic acids is 1. The summed E-state index contributed by atoms with van der Waals surface area (Å²) in [6.45, 7) is 5.05. The number of rotatable bonds is 8. The molecule has 0 saturated carbocycles. The van der Waals surface area contributed by atoms with Crippen LogP contribution in [0.1, 0.15) is 18.4 Å². The van der Waals surface area contributed by atoms with Crippen molar-refractivity contribution in [3.63, 3.8) is 0 Å². The summed E-state index contributed by atoms with van der Waals surface area (Å²) in [5, 5.41) is 8.52. The van der Waals surface area contributed by atoms with E-state index in [9.17, 15) is 18.0 Å². The lowest BCUT2D eigenvalue weighted by Crippen LogP contribution is -2.46. The quantitative estimate of drug-likeness (QED) is 0.339. The minimum Gasteiger partial charge on any atom is -0.497 e. The molecule has 0 atom stereocenters. The van der Waals surface area contributed by atoms with E-state index in [-0.39, 0.29) is 18.4 Å². The largest absolute Gasteiger partial charge is 0.497 e. The fourth-order valence-electron chi connectivity index (χ4n) is 4.16. The number of nitrogens with one attached hydrogen (secondary N) is 2. The lowest BCUT2D eigenvalue weighted by Gasteiger charge is -2.36. The molecule has 1 saturated heterocycles. The molecule has 11 heteroatoms. The maximum Gasteiger partial charge on any atom is 0.416 e. The van der Waals surface area contributed by atoms with Crippen LogP contribution in [0.2, 0.25) is 0 Å². The molecule has 0 bridgehead atoms. The summed E-state index contributed by atoms with van der Waals surface area (Å²) < 4.78 is 44.7. The maximum atomic E-state index is 13.0. The Morgan fingerprint density at radius 2 is 1.78 bits per heavy atom. The van der Waals surface area contributed by atoms with Crippen molar-refractivity contribution in [2.75, 3.05) is 56.6 Å². The molecule has 0 unspecified atom stereocenters. The van der Waals surface area contributed by atoms with E-state index >= 15 is 0 Å². The summed E-state index contributed by atoms with van der Waals surface area (Å²) in [6.07, 6.45) is -2.46. The van der Waals surface area contributed by atoms with Crippen LogP contribution in [0.15, 0.2) is 47.8 Å². The first kappa shape index (κ1) is 27.9. The Balaban J connectivity index is 0.00000361. The molecule has 1 aliphatic heterocycles. The number of fused-ring (bicyclic) bond motifs is 1. The Morgan fingerprint density at radius 1 is 1.06 bits per heavy atom. The second-order valence-corrected chi connectivity index (χ2v) is 9.39. The van der Waals surface area contributed by atoms with Gasteiger partial charge in [0.15, 0.2) is 0 Å². The van der Waals surface area contributed by atoms with E-state index in [1.54, 1.807) is 37.4 Å². The normalized spacial score (nSPS) is 14.4. The van der Waals surface area contributed by atoms with Gasteiger partial charge in [-0.15, -0.1) is 23.7 Å². The fourth-order valence-corrected chi connectivity index (χ4v) is 5.17. The van der Waals surface area contributed by atoms with Crippen LogP contribution in [0.3, 0.4) is 0 Å². The molecule has 1 fully saturated rings. The summed E-state index contributed by atoms with van der Waals surface area (Å²) in [4.78, 5) is 16.7. The number of hydrogen-bond donors (Lipinski definition) is 2. The average Bonchev–Trinajstić information content (AvgIpc) is 3.27. The number of piperazine rings is 1. The third-order valence-electron chi connectivity index (χ3n) is 6.13. The fraction of sp³-hybridized carbons (Fsp3) is 0.400. The molecule has 4 rings (SSSR count). The predicted molar refractivity (Wildman–Crippen MR) is 142 cm³/mol. The molecule has 1 aliphatic rings. The van der Waals surface area contributed by atoms with Crippen LogP contribution >= 0.6 is 23.7 Å². The van der Waals surface area contributed by atoms with Crippen LogP contribution in [-0.2, 0) is 6.18 Å². The highest BCUT2D eigenvalue weighted by molar-refractivity contribution is 7.17. The Bertz CT molecular complexity index is 1130. The molecule has 36 heavy (non-hydrogen) atoms. The summed E-state index contributed by atoms with van der Waals surface area (Å²) in [7, 11) is 1.60. The van der Waals surface area contributed by atoms with Gasteiger partial charge in [0.2, 0.25) is 0 Å². The van der Waals surface area contributed by atoms with Crippen LogP contribution in [0.4, 0.5) is 29.3 Å². The zero-order valence-corrected chi connectivity index (χ0v) is 21.6. The van der Waals surface area contributed by atoms with Crippen molar-refractivity contribution in [3.8, 4) is 5.75 Å². The average molecular weight is 543 g/mol. The third-order valence-corrected chi connectivity index (χ3v) is 7.06. The number of anilines is 2. The van der Waals surface area contributed by atoms with Crippen LogP contribution < -0.4 is 20.3 Å². The zero-order valence-electron chi connectivity index (χ0n) is 19.9. The Hall–Kier alpha value is -2.69. The van der Waals surface area contributed by atoms with Gasteiger partial charge < -0.3 is 20.3 Å². The van der Waals surface area contributed by atoms with Gasteiger partial charge in [0.05, 0.1) is 18.4 Å². The number of thiophene rings is 1. The Labute approximate surface area is 218 Å². The summed E-state index contributed by atoms with van der Waals surface area (Å²) in [6, 6.07) is 10.9. The highest BCUT2D eigenvalue weighted by Crippen LogP contribution is 2.38. The van der Waals surface area contributed by atoms with Gasteiger partial charge in [-0.05, 0) is 55.8 Å². The number of benzene rings is 2. The monoisotopic (exact) mass is 542 g/mol. The zero-order chi connectivity index (χ0) is 24.8. The number of amides is 2. The van der Waals surface area contributed by atoms with Gasteiger partial charge in [-0.1, -0.05) is 6.07 Å². The number of hydrogen-bond acceptors (Lipinski definition) is 5. The highest BCUT2D eigenvalue weighted by Gasteiger charge is 2.31. The van der Waals surface area contributed by atoms with Crippen molar-refractivity contribution in [1.29, 1.82) is 0 Å². The lowest BCUT2D eigenvalue weighted by molar-refractivity contribution is -0.137. The first-order chi connectivity index (χ1) is 16.8. The smallest absolute Gasteiger partial charge is 0.416 e. The highest BCUT2D eigenvalue weighted by atomic mass is 35.5. The minimum absolute atomic E-state index is 0. The van der Waals surface area contributed by atoms with Crippen molar-refractivity contribution in [2.45, 2.75) is 19.0 Å². The van der Waals surface area contributed by atoms with Crippen molar-refractivity contribution in [3.05, 3.63) is 53.4 Å². The molecule has 2 N–H and O–H groups in total. The van der Waals surface area contributed by atoms with Crippen molar-refractivity contribution >= 4 is 51.2 Å². The van der Waals surface area contributed by atoms with Gasteiger partial charge in [0, 0.05) is 53.9 Å². The number of unbranched alkanes of at least 4 members (excludes halogenated alkanes) is 1. The summed E-state index contributed by atoms with van der Waals surface area (Å²) >= 11 is 1.36. The van der Waals surface area contributed by atoms with E-state index in [1.165, 1.54) is 23.5 Å². The lowest BCUT2D eigenvalue weighted by atomic mass is 10.1. The molecule has 3 aromatic rings. The molecular formula is C25H30ClF3N4O2S. The van der Waals surface area contributed by atoms with Crippen LogP contribution in [0.25, 0.3) is 10.1 Å². The topological polar surface area (TPSA) is 56.8 Å². The second-order valence-electron chi connectivity index (χ2n) is 8.47. The number of nitrogens with zero attached hydrogens (tertiary/aromatic N) is 2. The molecule has 196 valence electrons. The maximum absolute atomic E-state index is 13.0. The van der Waals surface area contributed by atoms with Gasteiger partial charge >= 0.3 is 12.2 Å². The van der Waals surface area contributed by atoms with Gasteiger partial charge in [-0.3, -0.25) is 4.90 Å². The number of alkyl halides is 3. The van der Waals surface area contributed by atoms with Gasteiger partial charge in [-0.25, -0.2) is 4.79 Å². The summed E-state index contributed by atoms with van der Waals surface area (Å²) in [5.41, 5.74) is 1.13. The van der Waals surface area contributed by atoms with E-state index in [2.05, 4.69) is 20.4 Å². The predicted octanol–water partition coefficient (Wildman–Crippen LogP) is 6.07. The van der Waals surface area contributed by atoms with E-state index in [4.69, 9.17) is 4.74 Å². The van der Waals surface area contributed by atoms with Crippen molar-refractivity contribution < 1.29 is 22.7 Å². The number of ether oxygens (including phenoxy) is 1. The van der Waals surface area contributed by atoms with E-state index in [0.29, 0.717) is 16.9 Å². The molecule has 2 heterocycles. The van der Waals surface area contributed by atoms with Crippen LogP contribution in [-0.4, -0.2) is 57.3 Å². The molecule has 0 radical (unpaired) electrons. The van der Waals surface area contributed by atoms with E-state index in [1.807, 2.05) is 5.38 Å². The SMILES string of the molecule is COc1ccc(NC(=O)NCCCCN2CCN(c3csc4cc(C(F)(F)F)ccc34)CC2)cc1.Cl. The van der Waals surface area contributed by atoms with Crippen molar-refractivity contribution in [2.24, 2.45) is 0 Å².